The lowest BCUT2D eigenvalue weighted by Gasteiger charge is -2.23. The van der Waals surface area contributed by atoms with Gasteiger partial charge < -0.3 is 11.5 Å². The molecule has 4 N–H and O–H groups in total. The molecule has 0 aromatic carbocycles. The lowest BCUT2D eigenvalue weighted by atomic mass is 9.87. The normalized spacial score (nSPS) is 33.0. The highest BCUT2D eigenvalue weighted by molar-refractivity contribution is 5.85. The molecule has 2 aliphatic rings. The Morgan fingerprint density at radius 3 is 1.05 bits per heavy atom. The predicted molar refractivity (Wildman–Crippen MR) is 86.3 cm³/mol. The average Bonchev–Trinajstić information content (AvgIpc) is 2.41. The summed E-state index contributed by atoms with van der Waals surface area (Å²) in [6.07, 6.45) is 8.08. The summed E-state index contributed by atoms with van der Waals surface area (Å²) in [4.78, 5) is 0. The summed E-state index contributed by atoms with van der Waals surface area (Å²) in [5, 5.41) is 0. The first-order chi connectivity index (χ1) is 8.65. The van der Waals surface area contributed by atoms with Crippen molar-refractivity contribution in [2.24, 2.45) is 23.3 Å². The summed E-state index contributed by atoms with van der Waals surface area (Å²) < 4.78 is 23.9. The Morgan fingerprint density at radius 2 is 0.850 bits per heavy atom. The van der Waals surface area contributed by atoms with Gasteiger partial charge in [0.2, 0.25) is 0 Å². The molecule has 0 heterocycles. The van der Waals surface area contributed by atoms with Crippen LogP contribution in [0.25, 0.3) is 0 Å². The van der Waals surface area contributed by atoms with Crippen LogP contribution < -0.4 is 11.5 Å². The summed E-state index contributed by atoms with van der Waals surface area (Å²) in [7, 11) is 0. The van der Waals surface area contributed by atoms with Gasteiger partial charge >= 0.3 is 0 Å². The second-order valence-corrected chi connectivity index (χ2v) is 5.87. The number of hydrogen-bond donors (Lipinski definition) is 2. The van der Waals surface area contributed by atoms with E-state index < -0.39 is 0 Å². The van der Waals surface area contributed by atoms with E-state index in [2.05, 4.69) is 0 Å². The standard InChI is InChI=1S/2C7H14FN.2ClH/c2*8-5-6-1-3-7(9)4-2-6;;/h2*6-7H,1-5,9H2;2*1H. The van der Waals surface area contributed by atoms with Crippen LogP contribution in [0.4, 0.5) is 8.78 Å². The number of hydrogen-bond acceptors (Lipinski definition) is 2. The van der Waals surface area contributed by atoms with Crippen molar-refractivity contribution >= 4 is 24.8 Å². The Labute approximate surface area is 134 Å². The van der Waals surface area contributed by atoms with E-state index in [1.54, 1.807) is 0 Å². The van der Waals surface area contributed by atoms with Crippen LogP contribution in [0.2, 0.25) is 0 Å². The van der Waals surface area contributed by atoms with Gasteiger partial charge in [-0.15, -0.1) is 24.8 Å². The highest BCUT2D eigenvalue weighted by atomic mass is 35.5. The fourth-order valence-electron chi connectivity index (χ4n) is 2.69. The maximum atomic E-state index is 12.0. The van der Waals surface area contributed by atoms with Gasteiger partial charge in [0, 0.05) is 12.1 Å². The quantitative estimate of drug-likeness (QED) is 0.807. The van der Waals surface area contributed by atoms with E-state index in [-0.39, 0.29) is 38.2 Å². The zero-order valence-electron chi connectivity index (χ0n) is 12.1. The van der Waals surface area contributed by atoms with Gasteiger partial charge in [-0.05, 0) is 63.2 Å². The lowest BCUT2D eigenvalue weighted by molar-refractivity contribution is 0.264. The first-order valence-corrected chi connectivity index (χ1v) is 7.28. The number of rotatable bonds is 2. The molecule has 0 amide bonds. The lowest BCUT2D eigenvalue weighted by Crippen LogP contribution is -2.27. The first kappa shape index (κ1) is 22.6. The van der Waals surface area contributed by atoms with E-state index in [0.717, 1.165) is 51.4 Å². The molecular formula is C14H30Cl2F2N2. The van der Waals surface area contributed by atoms with Gasteiger partial charge in [0.15, 0.2) is 0 Å². The Morgan fingerprint density at radius 1 is 0.600 bits per heavy atom. The third-order valence-electron chi connectivity index (χ3n) is 4.22. The molecule has 0 saturated heterocycles. The van der Waals surface area contributed by atoms with Crippen LogP contribution in [0.5, 0.6) is 0 Å². The van der Waals surface area contributed by atoms with Gasteiger partial charge in [-0.25, -0.2) is 0 Å². The third-order valence-corrected chi connectivity index (χ3v) is 4.22. The molecule has 6 heteroatoms. The van der Waals surface area contributed by atoms with Crippen molar-refractivity contribution in [1.29, 1.82) is 0 Å². The molecule has 2 saturated carbocycles. The van der Waals surface area contributed by atoms with Gasteiger partial charge in [0.25, 0.3) is 0 Å². The Kier molecular flexibility index (Phi) is 14.8. The second-order valence-electron chi connectivity index (χ2n) is 5.87. The molecule has 2 aliphatic carbocycles. The van der Waals surface area contributed by atoms with Crippen LogP contribution in [0.15, 0.2) is 0 Å². The molecular weight excluding hydrogens is 305 g/mol. The van der Waals surface area contributed by atoms with Crippen LogP contribution in [-0.4, -0.2) is 25.4 Å². The van der Waals surface area contributed by atoms with Crippen LogP contribution in [0.3, 0.4) is 0 Å². The number of alkyl halides is 2. The van der Waals surface area contributed by atoms with Gasteiger partial charge in [0.05, 0.1) is 13.3 Å². The fraction of sp³-hybridized carbons (Fsp3) is 1.00. The van der Waals surface area contributed by atoms with Crippen LogP contribution in [0, 0.1) is 11.8 Å². The maximum Gasteiger partial charge on any atom is 0.0922 e. The zero-order chi connectivity index (χ0) is 13.4. The van der Waals surface area contributed by atoms with Crippen molar-refractivity contribution < 1.29 is 8.78 Å². The molecule has 0 aromatic rings. The van der Waals surface area contributed by atoms with Gasteiger partial charge in [-0.2, -0.15) is 0 Å². The monoisotopic (exact) mass is 334 g/mol. The Balaban J connectivity index is 0. The smallest absolute Gasteiger partial charge is 0.0922 e. The van der Waals surface area contributed by atoms with Crippen molar-refractivity contribution in [3.05, 3.63) is 0 Å². The van der Waals surface area contributed by atoms with E-state index in [1.807, 2.05) is 0 Å². The summed E-state index contributed by atoms with van der Waals surface area (Å²) in [6, 6.07) is 0.709. The van der Waals surface area contributed by atoms with Crippen LogP contribution >= 0.6 is 24.8 Å². The SMILES string of the molecule is Cl.Cl.NC1CCC(CF)CC1.NC1CCC(CF)CC1. The Bertz CT molecular complexity index is 185. The molecule has 0 radical (unpaired) electrons. The van der Waals surface area contributed by atoms with E-state index >= 15 is 0 Å². The minimum Gasteiger partial charge on any atom is -0.328 e. The molecule has 0 atom stereocenters. The molecule has 2 nitrogen and oxygen atoms in total. The van der Waals surface area contributed by atoms with Gasteiger partial charge in [-0.3, -0.25) is 8.78 Å². The third kappa shape index (κ3) is 9.32. The van der Waals surface area contributed by atoms with E-state index in [4.69, 9.17) is 11.5 Å². The van der Waals surface area contributed by atoms with Crippen molar-refractivity contribution in [1.82, 2.24) is 0 Å². The van der Waals surface area contributed by atoms with Crippen LogP contribution in [0.1, 0.15) is 51.4 Å². The largest absolute Gasteiger partial charge is 0.328 e. The summed E-state index contributed by atoms with van der Waals surface area (Å²) in [5.41, 5.74) is 11.3. The first-order valence-electron chi connectivity index (χ1n) is 7.28. The summed E-state index contributed by atoms with van der Waals surface area (Å²) in [6.45, 7) is -0.292. The fourth-order valence-corrected chi connectivity index (χ4v) is 2.69. The van der Waals surface area contributed by atoms with Gasteiger partial charge in [0.1, 0.15) is 0 Å². The Hall–Kier alpha value is 0.360. The summed E-state index contributed by atoms with van der Waals surface area (Å²) >= 11 is 0. The highest BCUT2D eigenvalue weighted by Gasteiger charge is 2.18. The molecule has 0 spiro atoms. The maximum absolute atomic E-state index is 12.0. The predicted octanol–water partition coefficient (Wildman–Crippen LogP) is 3.79. The van der Waals surface area contributed by atoms with E-state index in [0.29, 0.717) is 23.9 Å². The summed E-state index contributed by atoms with van der Waals surface area (Å²) in [5.74, 6) is 0.648. The second kappa shape index (κ2) is 13.1. The molecule has 20 heavy (non-hydrogen) atoms. The molecule has 2 rings (SSSR count). The molecule has 0 bridgehead atoms. The number of halogens is 4. The molecule has 2 fully saturated rings. The van der Waals surface area contributed by atoms with E-state index in [9.17, 15) is 8.78 Å². The number of nitrogens with two attached hydrogens (primary N) is 2. The zero-order valence-corrected chi connectivity index (χ0v) is 13.7. The van der Waals surface area contributed by atoms with Crippen LogP contribution in [-0.2, 0) is 0 Å². The van der Waals surface area contributed by atoms with Crippen molar-refractivity contribution in [2.45, 2.75) is 63.5 Å². The minimum absolute atomic E-state index is 0. The van der Waals surface area contributed by atoms with Crippen molar-refractivity contribution in [3.8, 4) is 0 Å². The minimum atomic E-state index is -0.146. The van der Waals surface area contributed by atoms with E-state index in [1.165, 1.54) is 0 Å². The molecule has 124 valence electrons. The van der Waals surface area contributed by atoms with Crippen molar-refractivity contribution in [2.75, 3.05) is 13.3 Å². The highest BCUT2D eigenvalue weighted by Crippen LogP contribution is 2.23. The van der Waals surface area contributed by atoms with Gasteiger partial charge in [-0.1, -0.05) is 0 Å². The molecule has 0 unspecified atom stereocenters. The topological polar surface area (TPSA) is 52.0 Å². The van der Waals surface area contributed by atoms with Crippen molar-refractivity contribution in [3.63, 3.8) is 0 Å². The molecule has 0 aliphatic heterocycles. The molecule has 0 aromatic heterocycles. The average molecular weight is 335 g/mol.